The van der Waals surface area contributed by atoms with Crippen molar-refractivity contribution in [3.63, 3.8) is 0 Å². The van der Waals surface area contributed by atoms with Crippen LogP contribution in [0.25, 0.3) is 0 Å². The quantitative estimate of drug-likeness (QED) is 0.657. The van der Waals surface area contributed by atoms with Gasteiger partial charge in [-0.2, -0.15) is 0 Å². The molecule has 6 heteroatoms. The Hall–Kier alpha value is -1.66. The molecule has 0 saturated heterocycles. The van der Waals surface area contributed by atoms with E-state index < -0.39 is 0 Å². The predicted octanol–water partition coefficient (Wildman–Crippen LogP) is 2.57. The zero-order valence-electron chi connectivity index (χ0n) is 9.72. The number of benzene rings is 1. The largest absolute Gasteiger partial charge is 0.391 e. The van der Waals surface area contributed by atoms with Crippen molar-refractivity contribution in [2.45, 2.75) is 11.8 Å². The predicted molar refractivity (Wildman–Crippen MR) is 69.4 cm³/mol. The van der Waals surface area contributed by atoms with Gasteiger partial charge in [0.15, 0.2) is 5.16 Å². The number of rotatable bonds is 4. The smallest absolute Gasteiger partial charge is 0.189 e. The Balaban J connectivity index is 2.29. The fraction of sp³-hybridized carbons (Fsp3) is 0.167. The van der Waals surface area contributed by atoms with Crippen LogP contribution in [0.15, 0.2) is 35.6 Å². The minimum atomic E-state index is -0.296. The summed E-state index contributed by atoms with van der Waals surface area (Å²) in [5.74, 6) is 0.235. The van der Waals surface area contributed by atoms with Crippen LogP contribution in [-0.2, 0) is 6.61 Å². The highest BCUT2D eigenvalue weighted by atomic mass is 32.2. The van der Waals surface area contributed by atoms with E-state index in [0.717, 1.165) is 0 Å². The van der Waals surface area contributed by atoms with Crippen LogP contribution in [0.5, 0.6) is 0 Å². The first-order valence-corrected chi connectivity index (χ1v) is 6.48. The molecule has 0 bridgehead atoms. The molecule has 2 aromatic rings. The van der Waals surface area contributed by atoms with Crippen LogP contribution >= 0.6 is 11.8 Å². The molecule has 0 aliphatic heterocycles. The van der Waals surface area contributed by atoms with Crippen molar-refractivity contribution in [2.24, 2.45) is 0 Å². The van der Waals surface area contributed by atoms with E-state index in [2.05, 4.69) is 15.3 Å². The number of nitrogens with one attached hydrogen (secondary N) is 1. The molecule has 0 aliphatic carbocycles. The third kappa shape index (κ3) is 2.96. The monoisotopic (exact) mass is 265 g/mol. The first-order valence-electron chi connectivity index (χ1n) is 5.26. The summed E-state index contributed by atoms with van der Waals surface area (Å²) in [5.41, 5.74) is 1.30. The maximum absolute atomic E-state index is 12.8. The summed E-state index contributed by atoms with van der Waals surface area (Å²) in [7, 11) is 0. The summed E-state index contributed by atoms with van der Waals surface area (Å²) in [5, 5.41) is 12.9. The molecular formula is C12H12FN3OS. The maximum atomic E-state index is 12.8. The van der Waals surface area contributed by atoms with Crippen molar-refractivity contribution in [3.05, 3.63) is 41.8 Å². The second kappa shape index (κ2) is 5.79. The van der Waals surface area contributed by atoms with Gasteiger partial charge < -0.3 is 10.4 Å². The fourth-order valence-electron chi connectivity index (χ4n) is 1.38. The minimum Gasteiger partial charge on any atom is -0.391 e. The minimum absolute atomic E-state index is 0.155. The van der Waals surface area contributed by atoms with Crippen molar-refractivity contribution < 1.29 is 9.50 Å². The van der Waals surface area contributed by atoms with Gasteiger partial charge in [0.05, 0.1) is 6.61 Å². The Labute approximate surface area is 108 Å². The molecule has 1 heterocycles. The molecule has 1 aromatic heterocycles. The average molecular weight is 265 g/mol. The Morgan fingerprint density at radius 2 is 2.06 bits per heavy atom. The Morgan fingerprint density at radius 1 is 1.33 bits per heavy atom. The topological polar surface area (TPSA) is 58.0 Å². The van der Waals surface area contributed by atoms with Crippen LogP contribution < -0.4 is 5.32 Å². The molecule has 0 unspecified atom stereocenters. The molecule has 94 valence electrons. The number of aliphatic hydroxyl groups excluding tert-OH is 1. The molecule has 2 N–H and O–H groups in total. The number of hydrogen-bond donors (Lipinski definition) is 2. The number of aromatic nitrogens is 2. The van der Waals surface area contributed by atoms with Crippen molar-refractivity contribution in [3.8, 4) is 0 Å². The normalized spacial score (nSPS) is 10.4. The number of halogens is 1. The zero-order chi connectivity index (χ0) is 13.0. The fourth-order valence-corrected chi connectivity index (χ4v) is 1.72. The molecule has 0 radical (unpaired) electrons. The number of hydrogen-bond acceptors (Lipinski definition) is 5. The van der Waals surface area contributed by atoms with Crippen molar-refractivity contribution in [1.29, 1.82) is 0 Å². The summed E-state index contributed by atoms with van der Waals surface area (Å²) >= 11 is 1.41. The summed E-state index contributed by atoms with van der Waals surface area (Å²) in [6.07, 6.45) is 3.44. The van der Waals surface area contributed by atoms with Gasteiger partial charge in [0.1, 0.15) is 11.6 Å². The Bertz CT molecular complexity index is 533. The number of aliphatic hydroxyl groups is 1. The number of nitrogens with zero attached hydrogens (tertiary/aromatic N) is 2. The summed E-state index contributed by atoms with van der Waals surface area (Å²) in [4.78, 5) is 8.34. The molecule has 0 fully saturated rings. The molecule has 18 heavy (non-hydrogen) atoms. The van der Waals surface area contributed by atoms with Gasteiger partial charge in [-0.3, -0.25) is 0 Å². The lowest BCUT2D eigenvalue weighted by Gasteiger charge is -2.10. The van der Waals surface area contributed by atoms with E-state index in [1.807, 2.05) is 6.26 Å². The molecule has 0 amide bonds. The van der Waals surface area contributed by atoms with Gasteiger partial charge in [0, 0.05) is 17.4 Å². The molecule has 0 aliphatic rings. The van der Waals surface area contributed by atoms with E-state index in [1.165, 1.54) is 23.9 Å². The standard InChI is InChI=1S/C12H12FN3OS/c1-18-12-14-6-8(7-17)11(16-12)15-10-4-2-9(13)3-5-10/h2-6,17H,7H2,1H3,(H,14,15,16). The van der Waals surface area contributed by atoms with E-state index in [-0.39, 0.29) is 12.4 Å². The van der Waals surface area contributed by atoms with Crippen molar-refractivity contribution in [2.75, 3.05) is 11.6 Å². The van der Waals surface area contributed by atoms with Crippen LogP contribution in [0.4, 0.5) is 15.9 Å². The summed E-state index contributed by atoms with van der Waals surface area (Å²) in [6, 6.07) is 5.93. The SMILES string of the molecule is CSc1ncc(CO)c(Nc2ccc(F)cc2)n1. The van der Waals surface area contributed by atoms with Gasteiger partial charge in [-0.15, -0.1) is 0 Å². The van der Waals surface area contributed by atoms with Crippen LogP contribution in [0.1, 0.15) is 5.56 Å². The highest BCUT2D eigenvalue weighted by Crippen LogP contribution is 2.21. The van der Waals surface area contributed by atoms with Crippen LogP contribution in [-0.4, -0.2) is 21.3 Å². The van der Waals surface area contributed by atoms with Crippen LogP contribution in [0.3, 0.4) is 0 Å². The summed E-state index contributed by atoms with van der Waals surface area (Å²) < 4.78 is 12.8. The van der Waals surface area contributed by atoms with Gasteiger partial charge in [-0.05, 0) is 30.5 Å². The van der Waals surface area contributed by atoms with E-state index in [0.29, 0.717) is 22.2 Å². The van der Waals surface area contributed by atoms with E-state index in [4.69, 9.17) is 0 Å². The van der Waals surface area contributed by atoms with E-state index in [9.17, 15) is 9.50 Å². The van der Waals surface area contributed by atoms with Gasteiger partial charge in [-0.1, -0.05) is 11.8 Å². The van der Waals surface area contributed by atoms with Crippen LogP contribution in [0, 0.1) is 5.82 Å². The molecule has 4 nitrogen and oxygen atoms in total. The van der Waals surface area contributed by atoms with Gasteiger partial charge in [0.25, 0.3) is 0 Å². The number of thioether (sulfide) groups is 1. The van der Waals surface area contributed by atoms with Crippen LogP contribution in [0.2, 0.25) is 0 Å². The highest BCUT2D eigenvalue weighted by molar-refractivity contribution is 7.98. The molecule has 0 saturated carbocycles. The first-order chi connectivity index (χ1) is 8.72. The van der Waals surface area contributed by atoms with Gasteiger partial charge in [-0.25, -0.2) is 14.4 Å². The lowest BCUT2D eigenvalue weighted by molar-refractivity contribution is 0.281. The number of anilines is 2. The summed E-state index contributed by atoms with van der Waals surface area (Å²) in [6.45, 7) is -0.155. The van der Waals surface area contributed by atoms with Gasteiger partial charge >= 0.3 is 0 Å². The van der Waals surface area contributed by atoms with Crippen molar-refractivity contribution in [1.82, 2.24) is 9.97 Å². The lowest BCUT2D eigenvalue weighted by Crippen LogP contribution is -2.01. The van der Waals surface area contributed by atoms with Gasteiger partial charge in [0.2, 0.25) is 0 Å². The third-order valence-corrected chi connectivity index (χ3v) is 2.86. The lowest BCUT2D eigenvalue weighted by atomic mass is 10.3. The molecule has 1 aromatic carbocycles. The molecule has 0 atom stereocenters. The van der Waals surface area contributed by atoms with E-state index in [1.54, 1.807) is 18.3 Å². The van der Waals surface area contributed by atoms with Crippen molar-refractivity contribution >= 4 is 23.3 Å². The molecule has 2 rings (SSSR count). The average Bonchev–Trinajstić information content (AvgIpc) is 2.41. The highest BCUT2D eigenvalue weighted by Gasteiger charge is 2.06. The zero-order valence-corrected chi connectivity index (χ0v) is 10.5. The first kappa shape index (κ1) is 12.8. The second-order valence-corrected chi connectivity index (χ2v) is 4.29. The Morgan fingerprint density at radius 3 is 2.67 bits per heavy atom. The molecule has 0 spiro atoms. The Kier molecular flexibility index (Phi) is 4.11. The van der Waals surface area contributed by atoms with E-state index >= 15 is 0 Å². The third-order valence-electron chi connectivity index (χ3n) is 2.30. The second-order valence-electron chi connectivity index (χ2n) is 3.52. The maximum Gasteiger partial charge on any atom is 0.189 e. The molecular weight excluding hydrogens is 253 g/mol.